The molecule has 0 radical (unpaired) electrons. The van der Waals surface area contributed by atoms with Crippen molar-refractivity contribution < 1.29 is 9.32 Å². The van der Waals surface area contributed by atoms with Gasteiger partial charge in [0, 0.05) is 24.2 Å². The molecular formula is C19H24N2O2. The Labute approximate surface area is 137 Å². The molecule has 0 bridgehead atoms. The highest BCUT2D eigenvalue weighted by Gasteiger charge is 2.28. The smallest absolute Gasteiger partial charge is 0.276 e. The molecule has 122 valence electrons. The zero-order chi connectivity index (χ0) is 16.6. The second-order valence-corrected chi connectivity index (χ2v) is 7.39. The van der Waals surface area contributed by atoms with E-state index in [-0.39, 0.29) is 17.4 Å². The molecule has 1 aliphatic heterocycles. The minimum absolute atomic E-state index is 0.0312. The number of rotatable bonds is 2. The number of hydrogen-bond donors (Lipinski definition) is 0. The van der Waals surface area contributed by atoms with Crippen LogP contribution in [-0.2, 0) is 5.41 Å². The Balaban J connectivity index is 1.80. The van der Waals surface area contributed by atoms with E-state index in [1.165, 1.54) is 5.56 Å². The molecule has 3 rings (SSSR count). The highest BCUT2D eigenvalue weighted by Crippen LogP contribution is 2.27. The van der Waals surface area contributed by atoms with Crippen LogP contribution in [0.2, 0.25) is 0 Å². The quantitative estimate of drug-likeness (QED) is 0.832. The number of likely N-dealkylation sites (tertiary alicyclic amines) is 1. The number of hydrogen-bond acceptors (Lipinski definition) is 3. The van der Waals surface area contributed by atoms with Crippen molar-refractivity contribution in [3.63, 3.8) is 0 Å². The van der Waals surface area contributed by atoms with Gasteiger partial charge in [-0.25, -0.2) is 0 Å². The summed E-state index contributed by atoms with van der Waals surface area (Å²) in [6, 6.07) is 10.3. The van der Waals surface area contributed by atoms with Crippen LogP contribution in [-0.4, -0.2) is 28.6 Å². The monoisotopic (exact) mass is 312 g/mol. The maximum absolute atomic E-state index is 12.5. The van der Waals surface area contributed by atoms with Gasteiger partial charge in [0.2, 0.25) is 0 Å². The molecular weight excluding hydrogens is 288 g/mol. The standard InChI is InChI=1S/C19H24N2O2/c1-13-6-5-11-21(13)18(22)16-12-17(23-20-16)14-7-9-15(10-8-14)19(2,3)4/h7-10,12-13H,5-6,11H2,1-4H3. The molecule has 0 saturated carbocycles. The van der Waals surface area contributed by atoms with Gasteiger partial charge >= 0.3 is 0 Å². The summed E-state index contributed by atoms with van der Waals surface area (Å²) >= 11 is 0. The Bertz CT molecular complexity index is 695. The van der Waals surface area contributed by atoms with E-state index in [1.807, 2.05) is 17.0 Å². The molecule has 4 nitrogen and oxygen atoms in total. The van der Waals surface area contributed by atoms with E-state index in [9.17, 15) is 4.79 Å². The number of carbonyl (C=O) groups is 1. The SMILES string of the molecule is CC1CCCN1C(=O)c1cc(-c2ccc(C(C)(C)C)cc2)on1. The maximum atomic E-state index is 12.5. The second kappa shape index (κ2) is 5.84. The first-order valence-electron chi connectivity index (χ1n) is 8.25. The summed E-state index contributed by atoms with van der Waals surface area (Å²) in [4.78, 5) is 14.4. The van der Waals surface area contributed by atoms with Crippen LogP contribution in [0.5, 0.6) is 0 Å². The summed E-state index contributed by atoms with van der Waals surface area (Å²) in [7, 11) is 0. The van der Waals surface area contributed by atoms with Gasteiger partial charge in [-0.05, 0) is 30.7 Å². The lowest BCUT2D eigenvalue weighted by atomic mass is 9.86. The fourth-order valence-electron chi connectivity index (χ4n) is 3.03. The third-order valence-corrected chi connectivity index (χ3v) is 4.58. The van der Waals surface area contributed by atoms with E-state index in [4.69, 9.17) is 4.52 Å². The Morgan fingerprint density at radius 3 is 2.52 bits per heavy atom. The number of amides is 1. The van der Waals surface area contributed by atoms with Gasteiger partial charge in [-0.15, -0.1) is 0 Å². The van der Waals surface area contributed by atoms with Gasteiger partial charge in [0.05, 0.1) is 0 Å². The van der Waals surface area contributed by atoms with Crippen molar-refractivity contribution in [2.75, 3.05) is 6.54 Å². The molecule has 0 spiro atoms. The van der Waals surface area contributed by atoms with Crippen LogP contribution in [0, 0.1) is 0 Å². The third-order valence-electron chi connectivity index (χ3n) is 4.58. The summed E-state index contributed by atoms with van der Waals surface area (Å²) in [6.45, 7) is 9.44. The highest BCUT2D eigenvalue weighted by atomic mass is 16.5. The molecule has 2 aromatic rings. The number of aromatic nitrogens is 1. The van der Waals surface area contributed by atoms with Crippen LogP contribution < -0.4 is 0 Å². The topological polar surface area (TPSA) is 46.3 Å². The highest BCUT2D eigenvalue weighted by molar-refractivity contribution is 5.93. The molecule has 1 aromatic carbocycles. The molecule has 1 aliphatic rings. The van der Waals surface area contributed by atoms with E-state index in [0.29, 0.717) is 11.5 Å². The Hall–Kier alpha value is -2.10. The van der Waals surface area contributed by atoms with E-state index in [0.717, 1.165) is 24.9 Å². The first-order chi connectivity index (χ1) is 10.9. The van der Waals surface area contributed by atoms with E-state index in [1.54, 1.807) is 6.07 Å². The zero-order valence-corrected chi connectivity index (χ0v) is 14.3. The van der Waals surface area contributed by atoms with Gasteiger partial charge in [-0.3, -0.25) is 4.79 Å². The van der Waals surface area contributed by atoms with Crippen LogP contribution in [0.25, 0.3) is 11.3 Å². The minimum atomic E-state index is -0.0312. The summed E-state index contributed by atoms with van der Waals surface area (Å²) in [5.41, 5.74) is 2.73. The van der Waals surface area contributed by atoms with Gasteiger partial charge in [-0.1, -0.05) is 50.2 Å². The van der Waals surface area contributed by atoms with Crippen molar-refractivity contribution in [2.24, 2.45) is 0 Å². The molecule has 0 N–H and O–H groups in total. The average molecular weight is 312 g/mol. The summed E-state index contributed by atoms with van der Waals surface area (Å²) in [6.07, 6.45) is 2.12. The first kappa shape index (κ1) is 15.8. The van der Waals surface area contributed by atoms with E-state index >= 15 is 0 Å². The molecule has 0 aliphatic carbocycles. The fourth-order valence-corrected chi connectivity index (χ4v) is 3.03. The number of nitrogens with zero attached hydrogens (tertiary/aromatic N) is 2. The lowest BCUT2D eigenvalue weighted by Gasteiger charge is -2.19. The zero-order valence-electron chi connectivity index (χ0n) is 14.3. The first-order valence-corrected chi connectivity index (χ1v) is 8.25. The normalized spacial score (nSPS) is 18.4. The van der Waals surface area contributed by atoms with Crippen molar-refractivity contribution in [3.05, 3.63) is 41.6 Å². The van der Waals surface area contributed by atoms with Crippen LogP contribution in [0.1, 0.15) is 56.6 Å². The summed E-state index contributed by atoms with van der Waals surface area (Å²) in [5.74, 6) is 0.608. The maximum Gasteiger partial charge on any atom is 0.276 e. The van der Waals surface area contributed by atoms with Gasteiger partial charge in [0.1, 0.15) is 0 Å². The van der Waals surface area contributed by atoms with Gasteiger partial charge in [-0.2, -0.15) is 0 Å². The molecule has 1 unspecified atom stereocenters. The molecule has 1 aromatic heterocycles. The van der Waals surface area contributed by atoms with Gasteiger partial charge < -0.3 is 9.42 Å². The van der Waals surface area contributed by atoms with Crippen molar-refractivity contribution in [1.29, 1.82) is 0 Å². The molecule has 1 amide bonds. The minimum Gasteiger partial charge on any atom is -0.355 e. The Morgan fingerprint density at radius 1 is 1.26 bits per heavy atom. The predicted molar refractivity (Wildman–Crippen MR) is 90.4 cm³/mol. The summed E-state index contributed by atoms with van der Waals surface area (Å²) in [5, 5.41) is 3.98. The lowest BCUT2D eigenvalue weighted by molar-refractivity contribution is 0.0737. The molecule has 1 atom stereocenters. The third kappa shape index (κ3) is 3.16. The second-order valence-electron chi connectivity index (χ2n) is 7.39. The Kier molecular flexibility index (Phi) is 4.00. The fraction of sp³-hybridized carbons (Fsp3) is 0.474. The number of carbonyl (C=O) groups excluding carboxylic acids is 1. The van der Waals surface area contributed by atoms with Crippen LogP contribution >= 0.6 is 0 Å². The number of benzene rings is 1. The average Bonchev–Trinajstić information content (AvgIpc) is 3.15. The van der Waals surface area contributed by atoms with E-state index in [2.05, 4.69) is 45.0 Å². The molecule has 1 fully saturated rings. The Morgan fingerprint density at radius 2 is 1.96 bits per heavy atom. The largest absolute Gasteiger partial charge is 0.355 e. The van der Waals surface area contributed by atoms with Crippen molar-refractivity contribution in [1.82, 2.24) is 10.1 Å². The van der Waals surface area contributed by atoms with Gasteiger partial charge in [0.25, 0.3) is 5.91 Å². The molecule has 2 heterocycles. The van der Waals surface area contributed by atoms with Crippen LogP contribution in [0.15, 0.2) is 34.9 Å². The molecule has 23 heavy (non-hydrogen) atoms. The predicted octanol–water partition coefficient (Wildman–Crippen LogP) is 4.26. The van der Waals surface area contributed by atoms with Crippen LogP contribution in [0.3, 0.4) is 0 Å². The lowest BCUT2D eigenvalue weighted by Crippen LogP contribution is -2.33. The molecule has 4 heteroatoms. The molecule has 1 saturated heterocycles. The van der Waals surface area contributed by atoms with Crippen molar-refractivity contribution in [2.45, 2.75) is 52.0 Å². The van der Waals surface area contributed by atoms with Gasteiger partial charge in [0.15, 0.2) is 11.5 Å². The van der Waals surface area contributed by atoms with Crippen molar-refractivity contribution >= 4 is 5.91 Å². The van der Waals surface area contributed by atoms with Crippen LogP contribution in [0.4, 0.5) is 0 Å². The summed E-state index contributed by atoms with van der Waals surface area (Å²) < 4.78 is 5.39. The van der Waals surface area contributed by atoms with Crippen molar-refractivity contribution in [3.8, 4) is 11.3 Å². The van der Waals surface area contributed by atoms with E-state index < -0.39 is 0 Å².